The number of methoxy groups -OCH3 is 1. The summed E-state index contributed by atoms with van der Waals surface area (Å²) in [6, 6.07) is 0. The SMILES string of the molecule is CNCCCN(C)CCCOCCOC. The predicted octanol–water partition coefficient (Wildman–Crippen LogP) is 0.581. The van der Waals surface area contributed by atoms with E-state index in [1.807, 2.05) is 7.05 Å². The van der Waals surface area contributed by atoms with Crippen molar-refractivity contribution in [2.45, 2.75) is 12.8 Å². The third-order valence-corrected chi connectivity index (χ3v) is 2.23. The molecule has 4 nitrogen and oxygen atoms in total. The van der Waals surface area contributed by atoms with Crippen molar-refractivity contribution < 1.29 is 9.47 Å². The lowest BCUT2D eigenvalue weighted by atomic mass is 10.3. The van der Waals surface area contributed by atoms with Gasteiger partial charge in [-0.15, -0.1) is 0 Å². The monoisotopic (exact) mass is 218 g/mol. The van der Waals surface area contributed by atoms with Crippen LogP contribution in [0.15, 0.2) is 0 Å². The number of nitrogens with one attached hydrogen (secondary N) is 1. The van der Waals surface area contributed by atoms with Crippen molar-refractivity contribution in [2.24, 2.45) is 0 Å². The molecule has 0 saturated carbocycles. The van der Waals surface area contributed by atoms with E-state index in [0.29, 0.717) is 13.2 Å². The van der Waals surface area contributed by atoms with Crippen LogP contribution in [0.1, 0.15) is 12.8 Å². The number of hydrogen-bond donors (Lipinski definition) is 1. The van der Waals surface area contributed by atoms with Crippen molar-refractivity contribution in [3.63, 3.8) is 0 Å². The molecule has 0 aromatic rings. The highest BCUT2D eigenvalue weighted by Gasteiger charge is 1.97. The Labute approximate surface area is 93.9 Å². The second-order valence-electron chi connectivity index (χ2n) is 3.72. The van der Waals surface area contributed by atoms with Crippen molar-refractivity contribution in [3.05, 3.63) is 0 Å². The van der Waals surface area contributed by atoms with Gasteiger partial charge in [-0.05, 0) is 40.0 Å². The van der Waals surface area contributed by atoms with E-state index in [1.165, 1.54) is 6.42 Å². The Morgan fingerprint density at radius 2 is 1.80 bits per heavy atom. The van der Waals surface area contributed by atoms with Gasteiger partial charge in [-0.25, -0.2) is 0 Å². The number of ether oxygens (including phenoxy) is 2. The average molecular weight is 218 g/mol. The van der Waals surface area contributed by atoms with Crippen molar-refractivity contribution in [1.82, 2.24) is 10.2 Å². The standard InChI is InChI=1S/C11H26N2O2/c1-12-6-4-7-13(2)8-5-9-15-11-10-14-3/h12H,4-11H2,1-3H3. The molecule has 0 fully saturated rings. The van der Waals surface area contributed by atoms with E-state index in [9.17, 15) is 0 Å². The van der Waals surface area contributed by atoms with Gasteiger partial charge in [0, 0.05) is 20.3 Å². The van der Waals surface area contributed by atoms with Crippen LogP contribution in [0, 0.1) is 0 Å². The Hall–Kier alpha value is -0.160. The fourth-order valence-corrected chi connectivity index (χ4v) is 1.32. The second kappa shape index (κ2) is 11.9. The first kappa shape index (κ1) is 14.8. The Morgan fingerprint density at radius 3 is 2.47 bits per heavy atom. The molecule has 92 valence electrons. The molecule has 0 aliphatic heterocycles. The molecule has 0 aliphatic carbocycles. The number of rotatable bonds is 11. The summed E-state index contributed by atoms with van der Waals surface area (Å²) >= 11 is 0. The Balaban J connectivity index is 3.06. The maximum Gasteiger partial charge on any atom is 0.0700 e. The minimum Gasteiger partial charge on any atom is -0.382 e. The molecule has 0 rings (SSSR count). The minimum absolute atomic E-state index is 0.692. The molecule has 1 N–H and O–H groups in total. The van der Waals surface area contributed by atoms with E-state index in [0.717, 1.165) is 32.7 Å². The van der Waals surface area contributed by atoms with E-state index in [-0.39, 0.29) is 0 Å². The summed E-state index contributed by atoms with van der Waals surface area (Å²) in [5.74, 6) is 0. The average Bonchev–Trinajstić information content (AvgIpc) is 2.23. The normalized spacial score (nSPS) is 11.2. The predicted molar refractivity (Wildman–Crippen MR) is 63.4 cm³/mol. The van der Waals surface area contributed by atoms with E-state index in [1.54, 1.807) is 7.11 Å². The van der Waals surface area contributed by atoms with Crippen molar-refractivity contribution in [2.75, 3.05) is 60.7 Å². The van der Waals surface area contributed by atoms with E-state index in [2.05, 4.69) is 17.3 Å². The molecule has 0 radical (unpaired) electrons. The van der Waals surface area contributed by atoms with Gasteiger partial charge in [-0.2, -0.15) is 0 Å². The lowest BCUT2D eigenvalue weighted by molar-refractivity contribution is 0.0662. The molecule has 0 bridgehead atoms. The zero-order valence-corrected chi connectivity index (χ0v) is 10.4. The molecule has 0 atom stereocenters. The number of hydrogen-bond acceptors (Lipinski definition) is 4. The minimum atomic E-state index is 0.692. The first-order valence-corrected chi connectivity index (χ1v) is 5.71. The molecule has 0 amide bonds. The number of nitrogens with zero attached hydrogens (tertiary/aromatic N) is 1. The van der Waals surface area contributed by atoms with Crippen LogP contribution in [0.3, 0.4) is 0 Å². The topological polar surface area (TPSA) is 33.7 Å². The quantitative estimate of drug-likeness (QED) is 0.514. The smallest absolute Gasteiger partial charge is 0.0700 e. The summed E-state index contributed by atoms with van der Waals surface area (Å²) in [6.45, 7) is 5.59. The molecule has 0 unspecified atom stereocenters. The van der Waals surface area contributed by atoms with Crippen molar-refractivity contribution in [1.29, 1.82) is 0 Å². The zero-order valence-electron chi connectivity index (χ0n) is 10.4. The van der Waals surface area contributed by atoms with E-state index in [4.69, 9.17) is 9.47 Å². The molecule has 15 heavy (non-hydrogen) atoms. The van der Waals surface area contributed by atoms with Gasteiger partial charge in [0.05, 0.1) is 13.2 Å². The highest BCUT2D eigenvalue weighted by Crippen LogP contribution is 1.91. The van der Waals surface area contributed by atoms with Crippen LogP contribution in [0.5, 0.6) is 0 Å². The van der Waals surface area contributed by atoms with Gasteiger partial charge in [0.2, 0.25) is 0 Å². The van der Waals surface area contributed by atoms with Crippen LogP contribution in [-0.2, 0) is 9.47 Å². The molecule has 0 heterocycles. The largest absolute Gasteiger partial charge is 0.382 e. The Morgan fingerprint density at radius 1 is 1.07 bits per heavy atom. The van der Waals surface area contributed by atoms with Crippen molar-refractivity contribution >= 4 is 0 Å². The lowest BCUT2D eigenvalue weighted by Crippen LogP contribution is -2.24. The Kier molecular flexibility index (Phi) is 11.8. The fraction of sp³-hybridized carbons (Fsp3) is 1.00. The first-order valence-electron chi connectivity index (χ1n) is 5.71. The molecule has 0 aromatic carbocycles. The van der Waals surface area contributed by atoms with Crippen LogP contribution in [0.2, 0.25) is 0 Å². The van der Waals surface area contributed by atoms with Gasteiger partial charge < -0.3 is 19.7 Å². The molecule has 0 spiro atoms. The molecule has 0 aliphatic rings. The van der Waals surface area contributed by atoms with Gasteiger partial charge in [-0.3, -0.25) is 0 Å². The highest BCUT2D eigenvalue weighted by atomic mass is 16.5. The van der Waals surface area contributed by atoms with Crippen LogP contribution < -0.4 is 5.32 Å². The summed E-state index contributed by atoms with van der Waals surface area (Å²) < 4.78 is 10.3. The van der Waals surface area contributed by atoms with Crippen LogP contribution >= 0.6 is 0 Å². The lowest BCUT2D eigenvalue weighted by Gasteiger charge is -2.16. The van der Waals surface area contributed by atoms with E-state index < -0.39 is 0 Å². The third-order valence-electron chi connectivity index (χ3n) is 2.23. The van der Waals surface area contributed by atoms with Crippen LogP contribution in [-0.4, -0.2) is 65.6 Å². The van der Waals surface area contributed by atoms with Crippen LogP contribution in [0.25, 0.3) is 0 Å². The summed E-state index contributed by atoms with van der Waals surface area (Å²) in [5, 5.41) is 3.15. The first-order chi connectivity index (χ1) is 7.31. The van der Waals surface area contributed by atoms with E-state index >= 15 is 0 Å². The maximum absolute atomic E-state index is 5.39. The summed E-state index contributed by atoms with van der Waals surface area (Å²) in [4.78, 5) is 2.34. The van der Waals surface area contributed by atoms with Crippen LogP contribution in [0.4, 0.5) is 0 Å². The van der Waals surface area contributed by atoms with Gasteiger partial charge in [-0.1, -0.05) is 0 Å². The fourth-order valence-electron chi connectivity index (χ4n) is 1.32. The molecular weight excluding hydrogens is 192 g/mol. The summed E-state index contributed by atoms with van der Waals surface area (Å²) in [7, 11) is 5.84. The highest BCUT2D eigenvalue weighted by molar-refractivity contribution is 4.52. The molecular formula is C11H26N2O2. The van der Waals surface area contributed by atoms with Gasteiger partial charge in [0.25, 0.3) is 0 Å². The summed E-state index contributed by atoms with van der Waals surface area (Å²) in [5.41, 5.74) is 0. The third kappa shape index (κ3) is 11.8. The van der Waals surface area contributed by atoms with Gasteiger partial charge in [0.15, 0.2) is 0 Å². The Bertz CT molecular complexity index is 123. The van der Waals surface area contributed by atoms with Crippen molar-refractivity contribution in [3.8, 4) is 0 Å². The molecule has 0 aromatic heterocycles. The zero-order chi connectivity index (χ0) is 11.4. The van der Waals surface area contributed by atoms with Gasteiger partial charge >= 0.3 is 0 Å². The second-order valence-corrected chi connectivity index (χ2v) is 3.72. The van der Waals surface area contributed by atoms with Gasteiger partial charge in [0.1, 0.15) is 0 Å². The summed E-state index contributed by atoms with van der Waals surface area (Å²) in [6.07, 6.45) is 2.30. The molecule has 4 heteroatoms. The maximum atomic E-state index is 5.39. The molecule has 0 saturated heterocycles.